The van der Waals surface area contributed by atoms with Gasteiger partial charge in [0.1, 0.15) is 18.2 Å². The lowest BCUT2D eigenvalue weighted by atomic mass is 9.98. The molecule has 0 spiro atoms. The molecule has 4 rings (SSSR count). The van der Waals surface area contributed by atoms with Gasteiger partial charge in [0.15, 0.2) is 0 Å². The van der Waals surface area contributed by atoms with Gasteiger partial charge in [-0.2, -0.15) is 0 Å². The second-order valence-electron chi connectivity index (χ2n) is 10.4. The number of carboxylic acids is 1. The second kappa shape index (κ2) is 10.2. The molecule has 1 N–H and O–H groups in total. The van der Waals surface area contributed by atoms with Gasteiger partial charge < -0.3 is 19.5 Å². The SMILES string of the molecule is CC(C(=O)O)N(C(=O)OCC1c2ccccc2-c2ccccc21)C1CCN(C(=O)OC(C)(C)C)CC1. The molecule has 1 aliphatic carbocycles. The van der Waals surface area contributed by atoms with Crippen LogP contribution in [0.5, 0.6) is 0 Å². The lowest BCUT2D eigenvalue weighted by Crippen LogP contribution is -2.54. The molecule has 1 heterocycles. The molecule has 1 saturated heterocycles. The van der Waals surface area contributed by atoms with E-state index in [1.807, 2.05) is 57.2 Å². The van der Waals surface area contributed by atoms with Crippen molar-refractivity contribution in [3.05, 3.63) is 59.7 Å². The number of carbonyl (C=O) groups excluding carboxylic acids is 2. The number of amides is 2. The van der Waals surface area contributed by atoms with Crippen molar-refractivity contribution in [3.8, 4) is 11.1 Å². The first-order valence-corrected chi connectivity index (χ1v) is 12.4. The highest BCUT2D eigenvalue weighted by Gasteiger charge is 2.38. The van der Waals surface area contributed by atoms with E-state index in [1.165, 1.54) is 11.8 Å². The van der Waals surface area contributed by atoms with Gasteiger partial charge in [0.2, 0.25) is 0 Å². The first-order valence-electron chi connectivity index (χ1n) is 12.4. The van der Waals surface area contributed by atoms with E-state index < -0.39 is 29.8 Å². The molecule has 1 unspecified atom stereocenters. The molecular weight excluding hydrogens is 460 g/mol. The Labute approximate surface area is 211 Å². The summed E-state index contributed by atoms with van der Waals surface area (Å²) in [5.74, 6) is -1.21. The summed E-state index contributed by atoms with van der Waals surface area (Å²) in [5, 5.41) is 9.71. The molecule has 36 heavy (non-hydrogen) atoms. The predicted molar refractivity (Wildman–Crippen MR) is 135 cm³/mol. The third-order valence-corrected chi connectivity index (χ3v) is 6.83. The third-order valence-electron chi connectivity index (χ3n) is 6.83. The minimum atomic E-state index is -1.10. The number of hydrogen-bond acceptors (Lipinski definition) is 5. The van der Waals surface area contributed by atoms with Crippen molar-refractivity contribution in [1.82, 2.24) is 9.80 Å². The van der Waals surface area contributed by atoms with Gasteiger partial charge in [0.05, 0.1) is 0 Å². The zero-order valence-corrected chi connectivity index (χ0v) is 21.3. The number of carboxylic acid groups (broad SMARTS) is 1. The largest absolute Gasteiger partial charge is 0.480 e. The molecule has 2 amide bonds. The number of carbonyl (C=O) groups is 3. The van der Waals surface area contributed by atoms with Crippen molar-refractivity contribution in [3.63, 3.8) is 0 Å². The van der Waals surface area contributed by atoms with Gasteiger partial charge in [-0.25, -0.2) is 14.4 Å². The maximum absolute atomic E-state index is 13.3. The Morgan fingerprint density at radius 2 is 1.53 bits per heavy atom. The van der Waals surface area contributed by atoms with E-state index in [4.69, 9.17) is 9.47 Å². The Kier molecular flexibility index (Phi) is 7.24. The Hall–Kier alpha value is -3.55. The lowest BCUT2D eigenvalue weighted by Gasteiger charge is -2.39. The summed E-state index contributed by atoms with van der Waals surface area (Å²) in [4.78, 5) is 40.5. The van der Waals surface area contributed by atoms with Crippen LogP contribution in [-0.2, 0) is 14.3 Å². The zero-order chi connectivity index (χ0) is 26.0. The number of fused-ring (bicyclic) bond motifs is 3. The summed E-state index contributed by atoms with van der Waals surface area (Å²) in [6.45, 7) is 7.79. The maximum atomic E-state index is 13.3. The zero-order valence-electron chi connectivity index (χ0n) is 21.3. The van der Waals surface area contributed by atoms with Crippen LogP contribution in [0.1, 0.15) is 57.6 Å². The molecule has 0 saturated carbocycles. The molecule has 2 aromatic carbocycles. The quantitative estimate of drug-likeness (QED) is 0.621. The fourth-order valence-electron chi connectivity index (χ4n) is 5.06. The molecule has 0 radical (unpaired) electrons. The van der Waals surface area contributed by atoms with Crippen LogP contribution in [0.3, 0.4) is 0 Å². The standard InChI is InChI=1S/C28H34N2O6/c1-18(25(31)32)30(19-13-15-29(16-14-19)26(33)36-28(2,3)4)27(34)35-17-24-22-11-7-5-9-20(22)21-10-6-8-12-23(21)24/h5-12,18-19,24H,13-17H2,1-4H3,(H,31,32). The van der Waals surface area contributed by atoms with Crippen LogP contribution in [0, 0.1) is 0 Å². The van der Waals surface area contributed by atoms with Crippen LogP contribution in [0.15, 0.2) is 48.5 Å². The summed E-state index contributed by atoms with van der Waals surface area (Å²) in [6, 6.07) is 14.7. The van der Waals surface area contributed by atoms with Gasteiger partial charge in [-0.05, 0) is 62.8 Å². The molecule has 2 aromatic rings. The van der Waals surface area contributed by atoms with Crippen molar-refractivity contribution in [1.29, 1.82) is 0 Å². The van der Waals surface area contributed by atoms with Crippen LogP contribution in [-0.4, -0.2) is 70.4 Å². The molecule has 1 fully saturated rings. The van der Waals surface area contributed by atoms with Gasteiger partial charge in [0, 0.05) is 25.0 Å². The minimum absolute atomic E-state index is 0.114. The van der Waals surface area contributed by atoms with Gasteiger partial charge in [-0.1, -0.05) is 48.5 Å². The van der Waals surface area contributed by atoms with E-state index >= 15 is 0 Å². The van der Waals surface area contributed by atoms with Crippen LogP contribution in [0.25, 0.3) is 11.1 Å². The van der Waals surface area contributed by atoms with Crippen LogP contribution in [0.4, 0.5) is 9.59 Å². The van der Waals surface area contributed by atoms with Crippen LogP contribution < -0.4 is 0 Å². The van der Waals surface area contributed by atoms with Crippen molar-refractivity contribution in [2.45, 2.75) is 64.1 Å². The van der Waals surface area contributed by atoms with E-state index in [9.17, 15) is 19.5 Å². The van der Waals surface area contributed by atoms with Crippen molar-refractivity contribution < 1.29 is 29.0 Å². The molecular formula is C28H34N2O6. The first-order chi connectivity index (χ1) is 17.1. The average molecular weight is 495 g/mol. The number of nitrogens with zero attached hydrogens (tertiary/aromatic N) is 2. The van der Waals surface area contributed by atoms with Crippen molar-refractivity contribution >= 4 is 18.2 Å². The summed E-state index contributed by atoms with van der Waals surface area (Å²) in [6.07, 6.45) is -0.162. The summed E-state index contributed by atoms with van der Waals surface area (Å²) in [5.41, 5.74) is 3.84. The lowest BCUT2D eigenvalue weighted by molar-refractivity contribution is -0.143. The highest BCUT2D eigenvalue weighted by atomic mass is 16.6. The number of rotatable bonds is 5. The highest BCUT2D eigenvalue weighted by molar-refractivity contribution is 5.81. The summed E-state index contributed by atoms with van der Waals surface area (Å²) in [7, 11) is 0. The summed E-state index contributed by atoms with van der Waals surface area (Å²) < 4.78 is 11.2. The van der Waals surface area contributed by atoms with Crippen LogP contribution >= 0.6 is 0 Å². The number of hydrogen-bond donors (Lipinski definition) is 1. The second-order valence-corrected chi connectivity index (χ2v) is 10.4. The molecule has 0 aromatic heterocycles. The number of aliphatic carboxylic acids is 1. The number of likely N-dealkylation sites (tertiary alicyclic amines) is 1. The van der Waals surface area contributed by atoms with Gasteiger partial charge in [-0.3, -0.25) is 4.90 Å². The Balaban J connectivity index is 1.45. The Bertz CT molecular complexity index is 1090. The van der Waals surface area contributed by atoms with E-state index in [0.717, 1.165) is 22.3 Å². The predicted octanol–water partition coefficient (Wildman–Crippen LogP) is 5.11. The Morgan fingerprint density at radius 1 is 1.00 bits per heavy atom. The summed E-state index contributed by atoms with van der Waals surface area (Å²) >= 11 is 0. The Morgan fingerprint density at radius 3 is 2.03 bits per heavy atom. The smallest absolute Gasteiger partial charge is 0.410 e. The number of piperidine rings is 1. The molecule has 8 heteroatoms. The fourth-order valence-corrected chi connectivity index (χ4v) is 5.06. The third kappa shape index (κ3) is 5.32. The van der Waals surface area contributed by atoms with Gasteiger partial charge in [-0.15, -0.1) is 0 Å². The average Bonchev–Trinajstić information content (AvgIpc) is 3.16. The minimum Gasteiger partial charge on any atom is -0.480 e. The van der Waals surface area contributed by atoms with E-state index in [2.05, 4.69) is 12.1 Å². The number of ether oxygens (including phenoxy) is 2. The molecule has 1 aliphatic heterocycles. The molecule has 2 aliphatic rings. The topological polar surface area (TPSA) is 96.4 Å². The number of benzene rings is 2. The monoisotopic (exact) mass is 494 g/mol. The van der Waals surface area contributed by atoms with Gasteiger partial charge >= 0.3 is 18.2 Å². The molecule has 8 nitrogen and oxygen atoms in total. The fraction of sp³-hybridized carbons (Fsp3) is 0.464. The molecule has 0 bridgehead atoms. The first kappa shape index (κ1) is 25.5. The van der Waals surface area contributed by atoms with Crippen molar-refractivity contribution in [2.24, 2.45) is 0 Å². The van der Waals surface area contributed by atoms with Crippen LogP contribution in [0.2, 0.25) is 0 Å². The molecule has 1 atom stereocenters. The molecule has 192 valence electrons. The van der Waals surface area contributed by atoms with Gasteiger partial charge in [0.25, 0.3) is 0 Å². The van der Waals surface area contributed by atoms with E-state index in [0.29, 0.717) is 25.9 Å². The maximum Gasteiger partial charge on any atom is 0.410 e. The van der Waals surface area contributed by atoms with E-state index in [1.54, 1.807) is 4.90 Å². The normalized spacial score (nSPS) is 16.6. The van der Waals surface area contributed by atoms with E-state index in [-0.39, 0.29) is 18.6 Å². The van der Waals surface area contributed by atoms with Crippen molar-refractivity contribution in [2.75, 3.05) is 19.7 Å². The highest BCUT2D eigenvalue weighted by Crippen LogP contribution is 2.44.